The van der Waals surface area contributed by atoms with Crippen LogP contribution in [0.5, 0.6) is 0 Å². The summed E-state index contributed by atoms with van der Waals surface area (Å²) in [7, 11) is 0. The van der Waals surface area contributed by atoms with Crippen molar-refractivity contribution in [1.82, 2.24) is 4.90 Å². The first kappa shape index (κ1) is 14.5. The predicted octanol–water partition coefficient (Wildman–Crippen LogP) is 1.13. The maximum absolute atomic E-state index is 11.9. The number of hydrogen-bond donors (Lipinski definition) is 0. The van der Waals surface area contributed by atoms with Crippen molar-refractivity contribution >= 4 is 17.8 Å². The Kier molecular flexibility index (Phi) is 4.32. The lowest BCUT2D eigenvalue weighted by Crippen LogP contribution is -2.46. The Morgan fingerprint density at radius 3 is 2.50 bits per heavy atom. The normalized spacial score (nSPS) is 19.9. The number of esters is 1. The summed E-state index contributed by atoms with van der Waals surface area (Å²) in [5.41, 5.74) is -0.665. The molecular formula is C12H19NO5. The quantitative estimate of drug-likeness (QED) is 0.547. The van der Waals surface area contributed by atoms with E-state index in [9.17, 15) is 14.4 Å². The number of carbonyl (C=O) groups is 3. The molecule has 6 heteroatoms. The van der Waals surface area contributed by atoms with E-state index in [1.807, 2.05) is 0 Å². The molecule has 1 amide bonds. The van der Waals surface area contributed by atoms with Gasteiger partial charge in [-0.05, 0) is 27.7 Å². The SMILES string of the molecule is CCOC(=O)[C@@H]1C(=O)CCN1C(=O)OC(C)(C)C. The van der Waals surface area contributed by atoms with Gasteiger partial charge in [0.1, 0.15) is 5.60 Å². The van der Waals surface area contributed by atoms with E-state index in [-0.39, 0.29) is 25.4 Å². The number of likely N-dealkylation sites (tertiary alicyclic amines) is 1. The number of nitrogens with zero attached hydrogens (tertiary/aromatic N) is 1. The molecule has 0 unspecified atom stereocenters. The van der Waals surface area contributed by atoms with Crippen LogP contribution in [0.4, 0.5) is 4.79 Å². The van der Waals surface area contributed by atoms with Crippen molar-refractivity contribution in [2.24, 2.45) is 0 Å². The highest BCUT2D eigenvalue weighted by Gasteiger charge is 2.43. The lowest BCUT2D eigenvalue weighted by Gasteiger charge is -2.26. The highest BCUT2D eigenvalue weighted by Crippen LogP contribution is 2.19. The molecule has 1 aliphatic heterocycles. The number of ketones is 1. The lowest BCUT2D eigenvalue weighted by atomic mass is 10.2. The molecule has 0 aliphatic carbocycles. The van der Waals surface area contributed by atoms with Gasteiger partial charge < -0.3 is 9.47 Å². The second kappa shape index (κ2) is 5.37. The first-order valence-electron chi connectivity index (χ1n) is 5.95. The van der Waals surface area contributed by atoms with Gasteiger partial charge in [0.25, 0.3) is 0 Å². The van der Waals surface area contributed by atoms with Gasteiger partial charge in [0, 0.05) is 13.0 Å². The molecule has 0 bridgehead atoms. The Hall–Kier alpha value is -1.59. The molecule has 1 aliphatic rings. The molecule has 1 fully saturated rings. The van der Waals surface area contributed by atoms with Gasteiger partial charge in [-0.3, -0.25) is 9.69 Å². The molecule has 1 rings (SSSR count). The summed E-state index contributed by atoms with van der Waals surface area (Å²) >= 11 is 0. The monoisotopic (exact) mass is 257 g/mol. The molecule has 0 radical (unpaired) electrons. The van der Waals surface area contributed by atoms with E-state index in [1.165, 1.54) is 0 Å². The van der Waals surface area contributed by atoms with Crippen molar-refractivity contribution < 1.29 is 23.9 Å². The van der Waals surface area contributed by atoms with Gasteiger partial charge in [-0.15, -0.1) is 0 Å². The van der Waals surface area contributed by atoms with Crippen LogP contribution in [0.2, 0.25) is 0 Å². The maximum Gasteiger partial charge on any atom is 0.411 e. The molecule has 18 heavy (non-hydrogen) atoms. The van der Waals surface area contributed by atoms with Gasteiger partial charge in [-0.1, -0.05) is 0 Å². The number of rotatable bonds is 2. The van der Waals surface area contributed by atoms with E-state index in [0.29, 0.717) is 0 Å². The summed E-state index contributed by atoms with van der Waals surface area (Å²) in [6.07, 6.45) is -0.505. The summed E-state index contributed by atoms with van der Waals surface area (Å²) in [6, 6.07) is -1.15. The van der Waals surface area contributed by atoms with Gasteiger partial charge >= 0.3 is 12.1 Å². The summed E-state index contributed by atoms with van der Waals surface area (Å²) in [4.78, 5) is 36.3. The first-order chi connectivity index (χ1) is 8.26. The highest BCUT2D eigenvalue weighted by atomic mass is 16.6. The van der Waals surface area contributed by atoms with Crippen LogP contribution in [0.3, 0.4) is 0 Å². The zero-order valence-corrected chi connectivity index (χ0v) is 11.2. The molecule has 0 spiro atoms. The van der Waals surface area contributed by atoms with Gasteiger partial charge in [0.2, 0.25) is 0 Å². The third kappa shape index (κ3) is 3.45. The molecule has 102 valence electrons. The van der Waals surface area contributed by atoms with Crippen molar-refractivity contribution in [3.63, 3.8) is 0 Å². The summed E-state index contributed by atoms with van der Waals surface area (Å²) in [5, 5.41) is 0. The van der Waals surface area contributed by atoms with Crippen molar-refractivity contribution in [1.29, 1.82) is 0 Å². The molecule has 1 heterocycles. The molecule has 1 atom stereocenters. The van der Waals surface area contributed by atoms with E-state index in [4.69, 9.17) is 9.47 Å². The fourth-order valence-corrected chi connectivity index (χ4v) is 1.67. The largest absolute Gasteiger partial charge is 0.464 e. The Labute approximate surface area is 106 Å². The highest BCUT2D eigenvalue weighted by molar-refractivity contribution is 6.07. The van der Waals surface area contributed by atoms with Crippen molar-refractivity contribution in [3.05, 3.63) is 0 Å². The molecule has 0 aromatic carbocycles. The van der Waals surface area contributed by atoms with Crippen molar-refractivity contribution in [2.75, 3.05) is 13.2 Å². The molecule has 1 saturated heterocycles. The van der Waals surface area contributed by atoms with Crippen LogP contribution >= 0.6 is 0 Å². The van der Waals surface area contributed by atoms with Crippen molar-refractivity contribution in [3.8, 4) is 0 Å². The van der Waals surface area contributed by atoms with E-state index < -0.39 is 23.7 Å². The number of ether oxygens (including phenoxy) is 2. The molecule has 0 N–H and O–H groups in total. The third-order valence-corrected chi connectivity index (χ3v) is 2.35. The van der Waals surface area contributed by atoms with Gasteiger partial charge in [0.15, 0.2) is 11.8 Å². The minimum absolute atomic E-state index is 0.155. The molecule has 0 aromatic rings. The average Bonchev–Trinajstić information content (AvgIpc) is 2.58. The molecule has 6 nitrogen and oxygen atoms in total. The Bertz CT molecular complexity index is 358. The summed E-state index contributed by atoms with van der Waals surface area (Å²) in [6.45, 7) is 7.18. The lowest BCUT2D eigenvalue weighted by molar-refractivity contribution is -0.150. The van der Waals surface area contributed by atoms with Crippen LogP contribution in [-0.4, -0.2) is 47.5 Å². The Balaban J connectivity index is 2.78. The number of carbonyl (C=O) groups excluding carboxylic acids is 3. The Morgan fingerprint density at radius 1 is 1.39 bits per heavy atom. The van der Waals surface area contributed by atoms with E-state index >= 15 is 0 Å². The fourth-order valence-electron chi connectivity index (χ4n) is 1.67. The molecule has 0 aromatic heterocycles. The number of Topliss-reactive ketones (excluding diaryl/α,β-unsaturated/α-hetero) is 1. The van der Waals surface area contributed by atoms with Crippen LogP contribution < -0.4 is 0 Å². The van der Waals surface area contributed by atoms with Crippen LogP contribution in [0.1, 0.15) is 34.1 Å². The predicted molar refractivity (Wildman–Crippen MR) is 63.0 cm³/mol. The van der Waals surface area contributed by atoms with E-state index in [1.54, 1.807) is 27.7 Å². The standard InChI is InChI=1S/C12H19NO5/c1-5-17-10(15)9-8(14)6-7-13(9)11(16)18-12(2,3)4/h9H,5-7H2,1-4H3/t9-/m0/s1. The fraction of sp³-hybridized carbons (Fsp3) is 0.750. The van der Waals surface area contributed by atoms with Crippen LogP contribution in [-0.2, 0) is 19.1 Å². The zero-order chi connectivity index (χ0) is 13.9. The summed E-state index contributed by atoms with van der Waals surface area (Å²) < 4.78 is 9.95. The second-order valence-corrected chi connectivity index (χ2v) is 5.04. The van der Waals surface area contributed by atoms with E-state index in [0.717, 1.165) is 4.90 Å². The minimum atomic E-state index is -1.15. The van der Waals surface area contributed by atoms with Gasteiger partial charge in [-0.25, -0.2) is 9.59 Å². The maximum atomic E-state index is 11.9. The minimum Gasteiger partial charge on any atom is -0.464 e. The molecule has 0 saturated carbocycles. The first-order valence-corrected chi connectivity index (χ1v) is 5.95. The third-order valence-electron chi connectivity index (χ3n) is 2.35. The second-order valence-electron chi connectivity index (χ2n) is 5.04. The van der Waals surface area contributed by atoms with Crippen LogP contribution in [0.25, 0.3) is 0 Å². The van der Waals surface area contributed by atoms with Gasteiger partial charge in [0.05, 0.1) is 6.61 Å². The van der Waals surface area contributed by atoms with Crippen molar-refractivity contribution in [2.45, 2.75) is 45.8 Å². The zero-order valence-electron chi connectivity index (χ0n) is 11.2. The number of amides is 1. The van der Waals surface area contributed by atoms with E-state index in [2.05, 4.69) is 0 Å². The summed E-state index contributed by atoms with van der Waals surface area (Å²) in [5.74, 6) is -0.995. The van der Waals surface area contributed by atoms with Gasteiger partial charge in [-0.2, -0.15) is 0 Å². The molecular weight excluding hydrogens is 238 g/mol. The smallest absolute Gasteiger partial charge is 0.411 e. The number of hydrogen-bond acceptors (Lipinski definition) is 5. The van der Waals surface area contributed by atoms with Crippen LogP contribution in [0.15, 0.2) is 0 Å². The Morgan fingerprint density at radius 2 is 2.00 bits per heavy atom. The topological polar surface area (TPSA) is 72.9 Å². The van der Waals surface area contributed by atoms with Crippen LogP contribution in [0, 0.1) is 0 Å². The average molecular weight is 257 g/mol.